The summed E-state index contributed by atoms with van der Waals surface area (Å²) in [5, 5.41) is 2.97. The van der Waals surface area contributed by atoms with Crippen molar-refractivity contribution in [3.8, 4) is 5.75 Å². The Morgan fingerprint density at radius 1 is 1.21 bits per heavy atom. The van der Waals surface area contributed by atoms with Crippen LogP contribution in [-0.2, 0) is 9.59 Å². The zero-order valence-electron chi connectivity index (χ0n) is 14.5. The molecule has 0 saturated carbocycles. The zero-order valence-corrected chi connectivity index (χ0v) is 14.5. The van der Waals surface area contributed by atoms with Crippen LogP contribution in [0, 0.1) is 5.92 Å². The van der Waals surface area contributed by atoms with Crippen molar-refractivity contribution >= 4 is 11.8 Å². The van der Waals surface area contributed by atoms with Crippen molar-refractivity contribution in [1.29, 1.82) is 0 Å². The molecular formula is C18H27N3O3. The number of hydrogen-bond acceptors (Lipinski definition) is 4. The highest BCUT2D eigenvalue weighted by atomic mass is 16.5. The zero-order chi connectivity index (χ0) is 17.4. The van der Waals surface area contributed by atoms with E-state index in [4.69, 9.17) is 4.74 Å². The molecule has 2 rings (SSSR count). The van der Waals surface area contributed by atoms with Crippen LogP contribution in [0.25, 0.3) is 0 Å². The largest absolute Gasteiger partial charge is 0.484 e. The van der Waals surface area contributed by atoms with E-state index in [0.717, 1.165) is 6.54 Å². The van der Waals surface area contributed by atoms with Crippen molar-refractivity contribution in [2.45, 2.75) is 12.8 Å². The molecule has 6 nitrogen and oxygen atoms in total. The fourth-order valence-corrected chi connectivity index (χ4v) is 2.69. The van der Waals surface area contributed by atoms with Gasteiger partial charge in [0.2, 0.25) is 5.91 Å². The molecule has 0 aliphatic carbocycles. The molecule has 0 radical (unpaired) electrons. The fourth-order valence-electron chi connectivity index (χ4n) is 2.69. The Morgan fingerprint density at radius 2 is 1.88 bits per heavy atom. The maximum absolute atomic E-state index is 12.2. The van der Waals surface area contributed by atoms with Crippen LogP contribution in [-0.4, -0.2) is 68.5 Å². The van der Waals surface area contributed by atoms with Crippen molar-refractivity contribution in [1.82, 2.24) is 15.1 Å². The summed E-state index contributed by atoms with van der Waals surface area (Å²) in [6, 6.07) is 9.32. The minimum atomic E-state index is -0.0229. The molecular weight excluding hydrogens is 306 g/mol. The Balaban J connectivity index is 1.68. The average molecular weight is 333 g/mol. The molecule has 1 heterocycles. The molecule has 0 atom stereocenters. The minimum Gasteiger partial charge on any atom is -0.484 e. The van der Waals surface area contributed by atoms with E-state index in [1.54, 1.807) is 4.90 Å². The van der Waals surface area contributed by atoms with E-state index in [-0.39, 0.29) is 24.3 Å². The number of carbonyl (C=O) groups is 2. The Bertz CT molecular complexity index is 526. The number of benzene rings is 1. The van der Waals surface area contributed by atoms with Gasteiger partial charge in [0.25, 0.3) is 5.91 Å². The van der Waals surface area contributed by atoms with Crippen molar-refractivity contribution < 1.29 is 14.3 Å². The first-order chi connectivity index (χ1) is 11.6. The van der Waals surface area contributed by atoms with Crippen LogP contribution in [0.3, 0.4) is 0 Å². The van der Waals surface area contributed by atoms with E-state index in [9.17, 15) is 9.59 Å². The van der Waals surface area contributed by atoms with Crippen LogP contribution < -0.4 is 10.1 Å². The molecule has 132 valence electrons. The van der Waals surface area contributed by atoms with Crippen LogP contribution in [0.5, 0.6) is 5.75 Å². The third-order valence-electron chi connectivity index (χ3n) is 4.18. The second kappa shape index (κ2) is 9.27. The monoisotopic (exact) mass is 333 g/mol. The second-order valence-electron chi connectivity index (χ2n) is 6.35. The van der Waals surface area contributed by atoms with Gasteiger partial charge in [-0.25, -0.2) is 0 Å². The van der Waals surface area contributed by atoms with Gasteiger partial charge in [-0.2, -0.15) is 0 Å². The number of likely N-dealkylation sites (tertiary alicyclic amines) is 1. The summed E-state index contributed by atoms with van der Waals surface area (Å²) < 4.78 is 5.50. The minimum absolute atomic E-state index is 0.00579. The lowest BCUT2D eigenvalue weighted by Crippen LogP contribution is -2.45. The second-order valence-corrected chi connectivity index (χ2v) is 6.35. The standard InChI is InChI=1S/C18H27N3O3/c1-20(2)13-10-19-18(23)15-8-11-21(12-9-15)17(22)14-24-16-6-4-3-5-7-16/h3-7,15H,8-14H2,1-2H3,(H,19,23). The smallest absolute Gasteiger partial charge is 0.260 e. The van der Waals surface area contributed by atoms with Crippen molar-refractivity contribution in [3.63, 3.8) is 0 Å². The molecule has 0 aromatic heterocycles. The highest BCUT2D eigenvalue weighted by molar-refractivity contribution is 5.80. The van der Waals surface area contributed by atoms with Gasteiger partial charge >= 0.3 is 0 Å². The van der Waals surface area contributed by atoms with Crippen LogP contribution >= 0.6 is 0 Å². The number of amides is 2. The quantitative estimate of drug-likeness (QED) is 0.808. The molecule has 0 bridgehead atoms. The van der Waals surface area contributed by atoms with E-state index >= 15 is 0 Å². The molecule has 1 aliphatic rings. The van der Waals surface area contributed by atoms with Gasteiger partial charge in [0.15, 0.2) is 6.61 Å². The lowest BCUT2D eigenvalue weighted by atomic mass is 9.96. The molecule has 1 aliphatic heterocycles. The first kappa shape index (κ1) is 18.3. The predicted molar refractivity (Wildman–Crippen MR) is 92.8 cm³/mol. The summed E-state index contributed by atoms with van der Waals surface area (Å²) in [5.74, 6) is 0.780. The average Bonchev–Trinajstić information content (AvgIpc) is 2.60. The number of nitrogens with one attached hydrogen (secondary N) is 1. The van der Waals surface area contributed by atoms with Crippen molar-refractivity contribution in [3.05, 3.63) is 30.3 Å². The van der Waals surface area contributed by atoms with E-state index in [1.165, 1.54) is 0 Å². The van der Waals surface area contributed by atoms with Crippen molar-refractivity contribution in [2.24, 2.45) is 5.92 Å². The number of para-hydroxylation sites is 1. The van der Waals surface area contributed by atoms with Crippen LogP contribution in [0.4, 0.5) is 0 Å². The number of nitrogens with zero attached hydrogens (tertiary/aromatic N) is 2. The Hall–Kier alpha value is -2.08. The summed E-state index contributed by atoms with van der Waals surface area (Å²) in [6.07, 6.45) is 1.43. The number of hydrogen-bond donors (Lipinski definition) is 1. The van der Waals surface area contributed by atoms with Crippen molar-refractivity contribution in [2.75, 3.05) is 46.9 Å². The maximum atomic E-state index is 12.2. The normalized spacial score (nSPS) is 15.4. The summed E-state index contributed by atoms with van der Waals surface area (Å²) >= 11 is 0. The first-order valence-electron chi connectivity index (χ1n) is 8.44. The van der Waals surface area contributed by atoms with Gasteiger partial charge in [-0.3, -0.25) is 9.59 Å². The molecule has 2 amide bonds. The SMILES string of the molecule is CN(C)CCNC(=O)C1CCN(C(=O)COc2ccccc2)CC1. The van der Waals surface area contributed by atoms with Crippen LogP contribution in [0.2, 0.25) is 0 Å². The van der Waals surface area contributed by atoms with Crippen LogP contribution in [0.15, 0.2) is 30.3 Å². The topological polar surface area (TPSA) is 61.9 Å². The third kappa shape index (κ3) is 5.85. The number of carbonyl (C=O) groups excluding carboxylic acids is 2. The molecule has 6 heteroatoms. The molecule has 1 saturated heterocycles. The van der Waals surface area contributed by atoms with Gasteiger partial charge in [0, 0.05) is 32.1 Å². The molecule has 24 heavy (non-hydrogen) atoms. The van der Waals surface area contributed by atoms with E-state index < -0.39 is 0 Å². The van der Waals surface area contributed by atoms with Gasteiger partial charge in [0.1, 0.15) is 5.75 Å². The van der Waals surface area contributed by atoms with E-state index in [0.29, 0.717) is 38.2 Å². The molecule has 0 spiro atoms. The third-order valence-corrected chi connectivity index (χ3v) is 4.18. The predicted octanol–water partition coefficient (Wildman–Crippen LogP) is 0.982. The molecule has 1 aromatic rings. The highest BCUT2D eigenvalue weighted by Crippen LogP contribution is 2.18. The molecule has 1 fully saturated rings. The molecule has 0 unspecified atom stereocenters. The summed E-state index contributed by atoms with van der Waals surface area (Å²) in [6.45, 7) is 2.77. The van der Waals surface area contributed by atoms with Gasteiger partial charge in [-0.15, -0.1) is 0 Å². The Morgan fingerprint density at radius 3 is 2.50 bits per heavy atom. The van der Waals surface area contributed by atoms with Gasteiger partial charge in [-0.1, -0.05) is 18.2 Å². The van der Waals surface area contributed by atoms with Gasteiger partial charge in [-0.05, 0) is 39.1 Å². The van der Waals surface area contributed by atoms with E-state index in [1.807, 2.05) is 49.3 Å². The lowest BCUT2D eigenvalue weighted by molar-refractivity contribution is -0.137. The number of piperidine rings is 1. The Labute approximate surface area is 143 Å². The number of likely N-dealkylation sites (N-methyl/N-ethyl adjacent to an activating group) is 1. The lowest BCUT2D eigenvalue weighted by Gasteiger charge is -2.31. The highest BCUT2D eigenvalue weighted by Gasteiger charge is 2.27. The van der Waals surface area contributed by atoms with Gasteiger partial charge in [0.05, 0.1) is 0 Å². The molecule has 1 N–H and O–H groups in total. The first-order valence-corrected chi connectivity index (χ1v) is 8.44. The molecule has 1 aromatic carbocycles. The Kier molecular flexibility index (Phi) is 7.06. The van der Waals surface area contributed by atoms with Crippen LogP contribution in [0.1, 0.15) is 12.8 Å². The number of rotatable bonds is 7. The summed E-state index contributed by atoms with van der Waals surface area (Å²) in [5.41, 5.74) is 0. The summed E-state index contributed by atoms with van der Waals surface area (Å²) in [4.78, 5) is 28.1. The maximum Gasteiger partial charge on any atom is 0.260 e. The number of ether oxygens (including phenoxy) is 1. The van der Waals surface area contributed by atoms with Gasteiger partial charge < -0.3 is 19.9 Å². The fraction of sp³-hybridized carbons (Fsp3) is 0.556. The summed E-state index contributed by atoms with van der Waals surface area (Å²) in [7, 11) is 3.96. The van der Waals surface area contributed by atoms with E-state index in [2.05, 4.69) is 5.32 Å².